The Balaban J connectivity index is 1.38. The van der Waals surface area contributed by atoms with Gasteiger partial charge in [-0.15, -0.1) is 0 Å². The molecule has 0 bridgehead atoms. The molecule has 2 fully saturated rings. The topological polar surface area (TPSA) is 81.2 Å². The van der Waals surface area contributed by atoms with Crippen molar-refractivity contribution in [3.05, 3.63) is 99.5 Å². The van der Waals surface area contributed by atoms with Crippen molar-refractivity contribution in [2.24, 2.45) is 11.3 Å². The second kappa shape index (κ2) is 13.4. The van der Waals surface area contributed by atoms with Crippen LogP contribution in [-0.2, 0) is 22.6 Å². The van der Waals surface area contributed by atoms with Crippen LogP contribution in [0.2, 0.25) is 10.0 Å². The minimum atomic E-state index is -1.00. The first-order valence-corrected chi connectivity index (χ1v) is 15.5. The second-order valence-corrected chi connectivity index (χ2v) is 12.9. The van der Waals surface area contributed by atoms with Crippen molar-refractivity contribution in [3.8, 4) is 0 Å². The third-order valence-corrected chi connectivity index (χ3v) is 9.22. The zero-order chi connectivity index (χ0) is 30.6. The fourth-order valence-corrected chi connectivity index (χ4v) is 6.84. The molecule has 7 nitrogen and oxygen atoms in total. The fraction of sp³-hybridized carbons (Fsp3) is 0.382. The first-order chi connectivity index (χ1) is 20.6. The number of nitrogens with zero attached hydrogens (tertiary/aromatic N) is 3. The van der Waals surface area contributed by atoms with Gasteiger partial charge in [-0.1, -0.05) is 77.3 Å². The van der Waals surface area contributed by atoms with Crippen molar-refractivity contribution in [3.63, 3.8) is 0 Å². The number of benzene rings is 3. The van der Waals surface area contributed by atoms with Crippen molar-refractivity contribution in [2.45, 2.75) is 45.6 Å². The van der Waals surface area contributed by atoms with Gasteiger partial charge in [0, 0.05) is 60.3 Å². The highest BCUT2D eigenvalue weighted by molar-refractivity contribution is 6.35. The van der Waals surface area contributed by atoms with Gasteiger partial charge in [-0.25, -0.2) is 4.79 Å². The van der Waals surface area contributed by atoms with Crippen molar-refractivity contribution >= 4 is 46.8 Å². The van der Waals surface area contributed by atoms with Crippen LogP contribution in [-0.4, -0.2) is 59.0 Å². The van der Waals surface area contributed by atoms with Crippen LogP contribution in [0, 0.1) is 18.3 Å². The maximum absolute atomic E-state index is 13.9. The lowest BCUT2D eigenvalue weighted by Gasteiger charge is -2.47. The van der Waals surface area contributed by atoms with Gasteiger partial charge in [-0.05, 0) is 67.5 Å². The lowest BCUT2D eigenvalue weighted by molar-refractivity contribution is -0.142. The Kier molecular flexibility index (Phi) is 9.62. The van der Waals surface area contributed by atoms with Crippen LogP contribution in [0.5, 0.6) is 0 Å². The molecule has 0 aliphatic carbocycles. The van der Waals surface area contributed by atoms with E-state index in [2.05, 4.69) is 24.3 Å². The monoisotopic (exact) mass is 621 g/mol. The lowest BCUT2D eigenvalue weighted by atomic mass is 9.77. The molecule has 43 heavy (non-hydrogen) atoms. The van der Waals surface area contributed by atoms with Crippen molar-refractivity contribution in [1.82, 2.24) is 9.80 Å². The highest BCUT2D eigenvalue weighted by atomic mass is 35.5. The van der Waals surface area contributed by atoms with Crippen LogP contribution in [0.25, 0.3) is 0 Å². The van der Waals surface area contributed by atoms with Crippen LogP contribution in [0.15, 0.2) is 72.8 Å². The number of rotatable bonds is 9. The third kappa shape index (κ3) is 7.70. The van der Waals surface area contributed by atoms with E-state index in [4.69, 9.17) is 23.2 Å². The maximum Gasteiger partial charge on any atom is 0.324 e. The van der Waals surface area contributed by atoms with Gasteiger partial charge in [-0.3, -0.25) is 14.5 Å². The molecular formula is C34H37Cl2N3O4. The summed E-state index contributed by atoms with van der Waals surface area (Å²) < 4.78 is 0. The van der Waals surface area contributed by atoms with Gasteiger partial charge in [-0.2, -0.15) is 0 Å². The Morgan fingerprint density at radius 3 is 2.28 bits per heavy atom. The zero-order valence-corrected chi connectivity index (χ0v) is 25.9. The summed E-state index contributed by atoms with van der Waals surface area (Å²) in [5.41, 5.74) is 2.70. The molecule has 2 aliphatic heterocycles. The molecule has 2 saturated heterocycles. The van der Waals surface area contributed by atoms with E-state index >= 15 is 0 Å². The number of carbonyl (C=O) groups is 3. The van der Waals surface area contributed by atoms with Gasteiger partial charge in [0.05, 0.1) is 6.42 Å². The zero-order valence-electron chi connectivity index (χ0n) is 24.3. The summed E-state index contributed by atoms with van der Waals surface area (Å²) in [4.78, 5) is 45.1. The molecular weight excluding hydrogens is 585 g/mol. The lowest BCUT2D eigenvalue weighted by Crippen LogP contribution is -2.60. The molecule has 0 aromatic heterocycles. The van der Waals surface area contributed by atoms with E-state index in [9.17, 15) is 19.5 Å². The van der Waals surface area contributed by atoms with E-state index in [1.807, 2.05) is 42.2 Å². The first kappa shape index (κ1) is 30.9. The van der Waals surface area contributed by atoms with E-state index in [-0.39, 0.29) is 44.4 Å². The normalized spacial score (nSPS) is 19.5. The SMILES string of the molecule is Cc1ccc(N2CC(CC(=O)O)(CC(=O)N3CCC(Cc4ccccc4)CC3)CN(Cc3ccc(Cl)cc3Cl)C2=O)cc1. The Morgan fingerprint density at radius 1 is 0.930 bits per heavy atom. The van der Waals surface area contributed by atoms with Gasteiger partial charge in [0.1, 0.15) is 0 Å². The number of amides is 3. The predicted octanol–water partition coefficient (Wildman–Crippen LogP) is 7.08. The van der Waals surface area contributed by atoms with E-state index in [0.717, 1.165) is 24.8 Å². The minimum absolute atomic E-state index is 0.0309. The molecule has 9 heteroatoms. The fourth-order valence-electron chi connectivity index (χ4n) is 6.38. The van der Waals surface area contributed by atoms with Gasteiger partial charge >= 0.3 is 12.0 Å². The Morgan fingerprint density at radius 2 is 1.63 bits per heavy atom. The maximum atomic E-state index is 13.9. The van der Waals surface area contributed by atoms with Crippen molar-refractivity contribution in [2.75, 3.05) is 31.1 Å². The van der Waals surface area contributed by atoms with E-state index < -0.39 is 11.4 Å². The number of carbonyl (C=O) groups excluding carboxylic acids is 2. The Bertz CT molecular complexity index is 1460. The molecule has 0 radical (unpaired) electrons. The number of carboxylic acids is 1. The average Bonchev–Trinajstić information content (AvgIpc) is 2.97. The van der Waals surface area contributed by atoms with Crippen LogP contribution < -0.4 is 4.90 Å². The molecule has 3 aromatic carbocycles. The summed E-state index contributed by atoms with van der Waals surface area (Å²) >= 11 is 12.6. The number of likely N-dealkylation sites (tertiary alicyclic amines) is 1. The van der Waals surface area contributed by atoms with E-state index in [0.29, 0.717) is 40.3 Å². The molecule has 3 aromatic rings. The molecule has 5 rings (SSSR count). The molecule has 1 atom stereocenters. The second-order valence-electron chi connectivity index (χ2n) is 12.1. The summed E-state index contributed by atoms with van der Waals surface area (Å²) in [5.74, 6) is -0.567. The summed E-state index contributed by atoms with van der Waals surface area (Å²) in [6.45, 7) is 3.66. The molecule has 0 saturated carbocycles. The molecule has 1 unspecified atom stereocenters. The standard InChI is InChI=1S/C34H37Cl2N3O4/c1-24-7-11-29(12-8-24)39-23-34(20-32(41)42,22-38(33(39)43)21-27-9-10-28(35)18-30(27)36)19-31(40)37-15-13-26(14-16-37)17-25-5-3-2-4-6-25/h2-12,18,26H,13-17,19-23H2,1H3,(H,41,42). The Labute approximate surface area is 263 Å². The summed E-state index contributed by atoms with van der Waals surface area (Å²) in [6, 6.07) is 22.8. The number of anilines is 1. The average molecular weight is 623 g/mol. The number of urea groups is 1. The molecule has 3 amide bonds. The van der Waals surface area contributed by atoms with Gasteiger partial charge < -0.3 is 14.9 Å². The summed E-state index contributed by atoms with van der Waals surface area (Å²) in [6.07, 6.45) is 2.58. The quantitative estimate of drug-likeness (QED) is 0.277. The van der Waals surface area contributed by atoms with Crippen molar-refractivity contribution < 1.29 is 19.5 Å². The van der Waals surface area contributed by atoms with Crippen molar-refractivity contribution in [1.29, 1.82) is 0 Å². The number of aliphatic carboxylic acids is 1. The van der Waals surface area contributed by atoms with Gasteiger partial charge in [0.25, 0.3) is 0 Å². The predicted molar refractivity (Wildman–Crippen MR) is 170 cm³/mol. The van der Waals surface area contributed by atoms with Gasteiger partial charge in [0.2, 0.25) is 5.91 Å². The Hall–Kier alpha value is -3.55. The van der Waals surface area contributed by atoms with Crippen LogP contribution >= 0.6 is 23.2 Å². The molecule has 2 heterocycles. The number of piperidine rings is 1. The minimum Gasteiger partial charge on any atom is -0.481 e. The molecule has 226 valence electrons. The number of hydrogen-bond acceptors (Lipinski definition) is 3. The third-order valence-electron chi connectivity index (χ3n) is 8.63. The van der Waals surface area contributed by atoms with E-state index in [1.165, 1.54) is 5.56 Å². The van der Waals surface area contributed by atoms with Crippen LogP contribution in [0.3, 0.4) is 0 Å². The van der Waals surface area contributed by atoms with Crippen LogP contribution in [0.4, 0.5) is 10.5 Å². The summed E-state index contributed by atoms with van der Waals surface area (Å²) in [7, 11) is 0. The number of halogens is 2. The summed E-state index contributed by atoms with van der Waals surface area (Å²) in [5, 5.41) is 11.0. The van der Waals surface area contributed by atoms with Crippen LogP contribution in [0.1, 0.15) is 42.4 Å². The van der Waals surface area contributed by atoms with E-state index in [1.54, 1.807) is 28.0 Å². The number of carboxylic acid groups (broad SMARTS) is 1. The van der Waals surface area contributed by atoms with Gasteiger partial charge in [0.15, 0.2) is 0 Å². The first-order valence-electron chi connectivity index (χ1n) is 14.7. The number of aryl methyl sites for hydroxylation is 1. The molecule has 1 N–H and O–H groups in total. The largest absolute Gasteiger partial charge is 0.481 e. The smallest absolute Gasteiger partial charge is 0.324 e. The molecule has 2 aliphatic rings. The highest BCUT2D eigenvalue weighted by Crippen LogP contribution is 2.38. The highest BCUT2D eigenvalue weighted by Gasteiger charge is 2.47. The number of hydrogen-bond donors (Lipinski definition) is 1. The molecule has 0 spiro atoms.